The van der Waals surface area contributed by atoms with E-state index < -0.39 is 0 Å². The molecule has 0 atom stereocenters. The van der Waals surface area contributed by atoms with Gasteiger partial charge in [0.25, 0.3) is 0 Å². The number of rotatable bonds is 10. The topological polar surface area (TPSA) is 55.3 Å². The van der Waals surface area contributed by atoms with Crippen molar-refractivity contribution in [3.05, 3.63) is 29.3 Å². The van der Waals surface area contributed by atoms with Gasteiger partial charge < -0.3 is 24.4 Å². The zero-order chi connectivity index (χ0) is 21.4. The van der Waals surface area contributed by atoms with E-state index in [2.05, 4.69) is 49.3 Å². The number of aliphatic imine (C=N–C) groups is 1. The Morgan fingerprint density at radius 1 is 1.30 bits per heavy atom. The number of hydrogen-bond acceptors (Lipinski definition) is 4. The number of methoxy groups -OCH3 is 1. The Kier molecular flexibility index (Phi) is 8.40. The van der Waals surface area contributed by atoms with Crippen LogP contribution in [0.4, 0.5) is 0 Å². The maximum Gasteiger partial charge on any atom is 0.193 e. The molecule has 1 aromatic carbocycles. The predicted octanol–water partition coefficient (Wildman–Crippen LogP) is 3.38. The summed E-state index contributed by atoms with van der Waals surface area (Å²) in [5.74, 6) is 2.68. The molecule has 0 aromatic heterocycles. The third-order valence-corrected chi connectivity index (χ3v) is 6.23. The molecule has 30 heavy (non-hydrogen) atoms. The normalized spacial score (nSPS) is 18.9. The second-order valence-electron chi connectivity index (χ2n) is 8.71. The highest BCUT2D eigenvalue weighted by Gasteiger charge is 2.37. The van der Waals surface area contributed by atoms with Gasteiger partial charge >= 0.3 is 0 Å². The van der Waals surface area contributed by atoms with E-state index >= 15 is 0 Å². The molecule has 2 aliphatic rings. The molecule has 2 fully saturated rings. The second-order valence-corrected chi connectivity index (χ2v) is 8.71. The summed E-state index contributed by atoms with van der Waals surface area (Å²) in [6, 6.07) is 6.46. The first-order valence-corrected chi connectivity index (χ1v) is 11.4. The van der Waals surface area contributed by atoms with Crippen LogP contribution in [0.2, 0.25) is 0 Å². The standard InChI is InChI=1S/C24H39N3O3/c1-5-25-23(27(3)12-15-30-17-20-7-8-20)26-18-24(10-13-29-14-11-24)21-16-19(2)6-9-22(21)28-4/h6,9,16,20H,5,7-8,10-15,17-18H2,1-4H3,(H,25,26). The van der Waals surface area contributed by atoms with Crippen molar-refractivity contribution in [1.29, 1.82) is 0 Å². The Morgan fingerprint density at radius 3 is 2.73 bits per heavy atom. The van der Waals surface area contributed by atoms with Gasteiger partial charge in [-0.2, -0.15) is 0 Å². The minimum absolute atomic E-state index is 0.0698. The molecule has 1 aliphatic carbocycles. The van der Waals surface area contributed by atoms with Gasteiger partial charge in [0.15, 0.2) is 5.96 Å². The minimum atomic E-state index is -0.0698. The molecule has 0 unspecified atom stereocenters. The van der Waals surface area contributed by atoms with Gasteiger partial charge in [-0.1, -0.05) is 17.7 Å². The Balaban J connectivity index is 1.74. The summed E-state index contributed by atoms with van der Waals surface area (Å²) < 4.78 is 17.3. The van der Waals surface area contributed by atoms with E-state index in [1.165, 1.54) is 24.0 Å². The SMILES string of the molecule is CCNC(=NCC1(c2cc(C)ccc2OC)CCOCC1)N(C)CCOCC1CC1. The molecule has 1 saturated carbocycles. The van der Waals surface area contributed by atoms with Crippen molar-refractivity contribution in [2.24, 2.45) is 10.9 Å². The van der Waals surface area contributed by atoms with Crippen molar-refractivity contribution < 1.29 is 14.2 Å². The first-order chi connectivity index (χ1) is 14.6. The lowest BCUT2D eigenvalue weighted by Crippen LogP contribution is -2.43. The molecule has 0 spiro atoms. The van der Waals surface area contributed by atoms with Crippen LogP contribution in [0, 0.1) is 12.8 Å². The molecule has 1 aromatic rings. The van der Waals surface area contributed by atoms with Crippen LogP contribution < -0.4 is 10.1 Å². The third-order valence-electron chi connectivity index (χ3n) is 6.23. The minimum Gasteiger partial charge on any atom is -0.496 e. The molecule has 6 nitrogen and oxygen atoms in total. The summed E-state index contributed by atoms with van der Waals surface area (Å²) in [7, 11) is 3.84. The van der Waals surface area contributed by atoms with Gasteiger partial charge in [0.1, 0.15) is 5.75 Å². The Morgan fingerprint density at radius 2 is 2.07 bits per heavy atom. The van der Waals surface area contributed by atoms with E-state index in [9.17, 15) is 0 Å². The van der Waals surface area contributed by atoms with Gasteiger partial charge in [0.2, 0.25) is 0 Å². The fraction of sp³-hybridized carbons (Fsp3) is 0.708. The maximum atomic E-state index is 5.83. The average molecular weight is 418 g/mol. The molecule has 3 rings (SSSR count). The molecule has 1 heterocycles. The van der Waals surface area contributed by atoms with Crippen molar-refractivity contribution >= 4 is 5.96 Å². The van der Waals surface area contributed by atoms with E-state index in [1.807, 2.05) is 0 Å². The van der Waals surface area contributed by atoms with Crippen molar-refractivity contribution in [3.63, 3.8) is 0 Å². The van der Waals surface area contributed by atoms with Gasteiger partial charge in [0.05, 0.1) is 20.3 Å². The van der Waals surface area contributed by atoms with Crippen LogP contribution >= 0.6 is 0 Å². The highest BCUT2D eigenvalue weighted by molar-refractivity contribution is 5.79. The average Bonchev–Trinajstić information content (AvgIpc) is 3.59. The molecule has 6 heteroatoms. The van der Waals surface area contributed by atoms with Gasteiger partial charge in [-0.05, 0) is 51.5 Å². The number of nitrogens with one attached hydrogen (secondary N) is 1. The van der Waals surface area contributed by atoms with Crippen molar-refractivity contribution in [2.45, 2.75) is 44.9 Å². The van der Waals surface area contributed by atoms with E-state index in [0.717, 1.165) is 70.0 Å². The van der Waals surface area contributed by atoms with Gasteiger partial charge in [-0.25, -0.2) is 0 Å². The number of guanidine groups is 1. The monoisotopic (exact) mass is 417 g/mol. The number of nitrogens with zero attached hydrogens (tertiary/aromatic N) is 2. The smallest absolute Gasteiger partial charge is 0.193 e. The second kappa shape index (κ2) is 11.0. The summed E-state index contributed by atoms with van der Waals surface area (Å²) in [5.41, 5.74) is 2.43. The van der Waals surface area contributed by atoms with Crippen molar-refractivity contribution in [3.8, 4) is 5.75 Å². The summed E-state index contributed by atoms with van der Waals surface area (Å²) in [6.07, 6.45) is 4.55. The molecule has 1 saturated heterocycles. The summed E-state index contributed by atoms with van der Waals surface area (Å²) >= 11 is 0. The predicted molar refractivity (Wildman–Crippen MR) is 122 cm³/mol. The highest BCUT2D eigenvalue weighted by Crippen LogP contribution is 2.40. The van der Waals surface area contributed by atoms with Gasteiger partial charge in [-0.15, -0.1) is 0 Å². The Labute approximate surface area is 182 Å². The lowest BCUT2D eigenvalue weighted by atomic mass is 9.73. The lowest BCUT2D eigenvalue weighted by Gasteiger charge is -2.38. The zero-order valence-corrected chi connectivity index (χ0v) is 19.2. The lowest BCUT2D eigenvalue weighted by molar-refractivity contribution is 0.0521. The van der Waals surface area contributed by atoms with E-state index in [-0.39, 0.29) is 5.41 Å². The largest absolute Gasteiger partial charge is 0.496 e. The number of ether oxygens (including phenoxy) is 3. The van der Waals surface area contributed by atoms with Crippen LogP contribution in [0.15, 0.2) is 23.2 Å². The quantitative estimate of drug-likeness (QED) is 0.359. The van der Waals surface area contributed by atoms with Crippen LogP contribution in [-0.2, 0) is 14.9 Å². The molecule has 1 aliphatic heterocycles. The summed E-state index contributed by atoms with van der Waals surface area (Å²) in [5, 5.41) is 3.45. The van der Waals surface area contributed by atoms with Crippen LogP contribution in [0.1, 0.15) is 43.7 Å². The van der Waals surface area contributed by atoms with Crippen LogP contribution in [0.5, 0.6) is 5.75 Å². The number of aryl methyl sites for hydroxylation is 1. The summed E-state index contributed by atoms with van der Waals surface area (Å²) in [4.78, 5) is 7.26. The van der Waals surface area contributed by atoms with Crippen LogP contribution in [-0.4, -0.2) is 71.1 Å². The van der Waals surface area contributed by atoms with Gasteiger partial charge in [-0.3, -0.25) is 4.99 Å². The number of benzene rings is 1. The summed E-state index contributed by atoms with van der Waals surface area (Å²) in [6.45, 7) is 9.80. The molecular formula is C24H39N3O3. The molecule has 1 N–H and O–H groups in total. The van der Waals surface area contributed by atoms with Crippen LogP contribution in [0.3, 0.4) is 0 Å². The van der Waals surface area contributed by atoms with E-state index in [1.54, 1.807) is 7.11 Å². The van der Waals surface area contributed by atoms with E-state index in [4.69, 9.17) is 19.2 Å². The first kappa shape index (κ1) is 22.9. The van der Waals surface area contributed by atoms with Crippen molar-refractivity contribution in [2.75, 3.05) is 60.2 Å². The first-order valence-electron chi connectivity index (χ1n) is 11.4. The van der Waals surface area contributed by atoms with E-state index in [0.29, 0.717) is 6.54 Å². The molecule has 0 radical (unpaired) electrons. The molecule has 0 amide bonds. The zero-order valence-electron chi connectivity index (χ0n) is 19.2. The fourth-order valence-electron chi connectivity index (χ4n) is 4.05. The Hall–Kier alpha value is -1.79. The molecular weight excluding hydrogens is 378 g/mol. The maximum absolute atomic E-state index is 5.83. The number of likely N-dealkylation sites (N-methyl/N-ethyl adjacent to an activating group) is 1. The van der Waals surface area contributed by atoms with Crippen molar-refractivity contribution in [1.82, 2.24) is 10.2 Å². The fourth-order valence-corrected chi connectivity index (χ4v) is 4.05. The van der Waals surface area contributed by atoms with Gasteiger partial charge in [0, 0.05) is 50.9 Å². The molecule has 0 bridgehead atoms. The third kappa shape index (κ3) is 6.11. The van der Waals surface area contributed by atoms with Crippen LogP contribution in [0.25, 0.3) is 0 Å². The number of hydrogen-bond donors (Lipinski definition) is 1. The highest BCUT2D eigenvalue weighted by atomic mass is 16.5. The Bertz CT molecular complexity index is 697. The molecule has 168 valence electrons.